The molecule has 0 saturated carbocycles. The molecule has 2 aromatic rings. The van der Waals surface area contributed by atoms with Crippen molar-refractivity contribution in [3.05, 3.63) is 48.5 Å². The van der Waals surface area contributed by atoms with E-state index < -0.39 is 16.0 Å². The Bertz CT molecular complexity index is 677. The molecule has 8 heteroatoms. The molecule has 0 unspecified atom stereocenters. The Morgan fingerprint density at radius 1 is 0.783 bits per heavy atom. The summed E-state index contributed by atoms with van der Waals surface area (Å²) in [6.07, 6.45) is -0.657. The lowest BCUT2D eigenvalue weighted by atomic mass is 10.3. The van der Waals surface area contributed by atoms with Gasteiger partial charge in [-0.15, -0.1) is 0 Å². The number of phenols is 2. The first-order valence-electron chi connectivity index (χ1n) is 6.26. The number of aromatic hydroxyl groups is 2. The summed E-state index contributed by atoms with van der Waals surface area (Å²) in [6, 6.07) is 10.6. The Hall–Kier alpha value is -2.74. The van der Waals surface area contributed by atoms with Crippen LogP contribution in [0.2, 0.25) is 0 Å². The molecule has 0 fully saturated rings. The highest BCUT2D eigenvalue weighted by Gasteiger charge is 2.17. The van der Waals surface area contributed by atoms with Crippen molar-refractivity contribution in [1.82, 2.24) is 0 Å². The molecule has 7 nitrogen and oxygen atoms in total. The maximum absolute atomic E-state index is 12.1. The standard InChI is InChI=1S/C12H10O4S.C3H6O3/c13-9-1-5-11(6-2-9)17(15,16)12-7-3-10(14)4-8-12;1-5-3(4)6-2/h1-8,13-14H;1-2H3. The normalized spacial score (nSPS) is 10.2. The van der Waals surface area contributed by atoms with Crippen LogP contribution in [-0.4, -0.2) is 39.0 Å². The van der Waals surface area contributed by atoms with Gasteiger partial charge < -0.3 is 19.7 Å². The number of hydrogen-bond donors (Lipinski definition) is 2. The van der Waals surface area contributed by atoms with Crippen molar-refractivity contribution in [2.24, 2.45) is 0 Å². The van der Waals surface area contributed by atoms with Crippen LogP contribution in [0.25, 0.3) is 0 Å². The van der Waals surface area contributed by atoms with Gasteiger partial charge in [0.1, 0.15) is 11.5 Å². The highest BCUT2D eigenvalue weighted by molar-refractivity contribution is 7.91. The van der Waals surface area contributed by atoms with Gasteiger partial charge in [0.05, 0.1) is 24.0 Å². The van der Waals surface area contributed by atoms with Crippen LogP contribution in [0.15, 0.2) is 58.3 Å². The minimum Gasteiger partial charge on any atom is -0.508 e. The summed E-state index contributed by atoms with van der Waals surface area (Å²) in [7, 11) is -1.08. The minimum atomic E-state index is -3.59. The smallest absolute Gasteiger partial charge is 0.507 e. The van der Waals surface area contributed by atoms with E-state index in [0.29, 0.717) is 0 Å². The van der Waals surface area contributed by atoms with Crippen molar-refractivity contribution in [3.63, 3.8) is 0 Å². The number of sulfone groups is 1. The number of methoxy groups -OCH3 is 2. The van der Waals surface area contributed by atoms with E-state index in [1.54, 1.807) is 0 Å². The lowest BCUT2D eigenvalue weighted by molar-refractivity contribution is 0.0924. The molecule has 0 aliphatic rings. The summed E-state index contributed by atoms with van der Waals surface area (Å²) >= 11 is 0. The summed E-state index contributed by atoms with van der Waals surface area (Å²) in [5.41, 5.74) is 0. The van der Waals surface area contributed by atoms with E-state index in [2.05, 4.69) is 9.47 Å². The number of benzene rings is 2. The summed E-state index contributed by atoms with van der Waals surface area (Å²) in [5, 5.41) is 18.2. The second-order valence-electron chi connectivity index (χ2n) is 4.15. The van der Waals surface area contributed by atoms with Gasteiger partial charge >= 0.3 is 6.16 Å². The number of ether oxygens (including phenoxy) is 2. The minimum absolute atomic E-state index is 0.00894. The Morgan fingerprint density at radius 2 is 1.09 bits per heavy atom. The van der Waals surface area contributed by atoms with Crippen LogP contribution >= 0.6 is 0 Å². The summed E-state index contributed by atoms with van der Waals surface area (Å²) in [4.78, 5) is 9.93. The van der Waals surface area contributed by atoms with Gasteiger partial charge in [0, 0.05) is 0 Å². The van der Waals surface area contributed by atoms with E-state index in [-0.39, 0.29) is 21.3 Å². The van der Waals surface area contributed by atoms with E-state index in [1.165, 1.54) is 62.8 Å². The molecule has 2 aromatic carbocycles. The van der Waals surface area contributed by atoms with Crippen LogP contribution < -0.4 is 0 Å². The quantitative estimate of drug-likeness (QED) is 0.807. The molecule has 2 rings (SSSR count). The average Bonchev–Trinajstić information content (AvgIpc) is 2.55. The van der Waals surface area contributed by atoms with Crippen molar-refractivity contribution in [2.75, 3.05) is 14.2 Å². The molecule has 2 N–H and O–H groups in total. The predicted octanol–water partition coefficient (Wildman–Crippen LogP) is 2.33. The second kappa shape index (κ2) is 8.04. The van der Waals surface area contributed by atoms with Gasteiger partial charge in [-0.3, -0.25) is 0 Å². The first kappa shape index (κ1) is 18.3. The topological polar surface area (TPSA) is 110 Å². The third-order valence-electron chi connectivity index (χ3n) is 2.63. The maximum Gasteiger partial charge on any atom is 0.507 e. The van der Waals surface area contributed by atoms with Crippen LogP contribution in [0.3, 0.4) is 0 Å². The SMILES string of the molecule is COC(=O)OC.O=S(=O)(c1ccc(O)cc1)c1ccc(O)cc1. The first-order valence-corrected chi connectivity index (χ1v) is 7.74. The molecule has 0 heterocycles. The molecule has 0 saturated heterocycles. The molecule has 0 amide bonds. The van der Waals surface area contributed by atoms with E-state index in [1.807, 2.05) is 0 Å². The number of carbonyl (C=O) groups is 1. The van der Waals surface area contributed by atoms with Gasteiger partial charge in [-0.05, 0) is 48.5 Å². The highest BCUT2D eigenvalue weighted by atomic mass is 32.2. The van der Waals surface area contributed by atoms with Crippen LogP contribution in [0.4, 0.5) is 4.79 Å². The van der Waals surface area contributed by atoms with Crippen molar-refractivity contribution in [3.8, 4) is 11.5 Å². The highest BCUT2D eigenvalue weighted by Crippen LogP contribution is 2.23. The van der Waals surface area contributed by atoms with Gasteiger partial charge in [0.2, 0.25) is 9.84 Å². The van der Waals surface area contributed by atoms with Crippen LogP contribution in [-0.2, 0) is 19.3 Å². The van der Waals surface area contributed by atoms with Gasteiger partial charge in [0.25, 0.3) is 0 Å². The molecule has 0 radical (unpaired) electrons. The summed E-state index contributed by atoms with van der Waals surface area (Å²) in [6.45, 7) is 0. The van der Waals surface area contributed by atoms with Gasteiger partial charge in [-0.1, -0.05) is 0 Å². The number of hydrogen-bond acceptors (Lipinski definition) is 7. The van der Waals surface area contributed by atoms with E-state index in [4.69, 9.17) is 10.2 Å². The molecule has 0 aromatic heterocycles. The monoisotopic (exact) mass is 340 g/mol. The fraction of sp³-hybridized carbons (Fsp3) is 0.133. The molecular formula is C15H16O7S. The van der Waals surface area contributed by atoms with Gasteiger partial charge in [-0.2, -0.15) is 0 Å². The summed E-state index contributed by atoms with van der Waals surface area (Å²) < 4.78 is 32.3. The molecule has 0 aliphatic heterocycles. The van der Waals surface area contributed by atoms with Crippen molar-refractivity contribution in [1.29, 1.82) is 0 Å². The maximum atomic E-state index is 12.1. The van der Waals surface area contributed by atoms with Crippen molar-refractivity contribution in [2.45, 2.75) is 9.79 Å². The third kappa shape index (κ3) is 5.19. The van der Waals surface area contributed by atoms with E-state index in [9.17, 15) is 13.2 Å². The fourth-order valence-electron chi connectivity index (χ4n) is 1.47. The molecule has 0 bridgehead atoms. The van der Waals surface area contributed by atoms with Crippen LogP contribution in [0, 0.1) is 0 Å². The largest absolute Gasteiger partial charge is 0.508 e. The molecule has 0 atom stereocenters. The van der Waals surface area contributed by atoms with Crippen molar-refractivity contribution < 1.29 is 32.9 Å². The second-order valence-corrected chi connectivity index (χ2v) is 6.10. The van der Waals surface area contributed by atoms with Gasteiger partial charge in [-0.25, -0.2) is 13.2 Å². The average molecular weight is 340 g/mol. The Labute approximate surface area is 133 Å². The fourth-order valence-corrected chi connectivity index (χ4v) is 2.73. The Balaban J connectivity index is 0.000000379. The summed E-state index contributed by atoms with van der Waals surface area (Å²) in [5.74, 6) is 0.0179. The lowest BCUT2D eigenvalue weighted by Gasteiger charge is -2.04. The lowest BCUT2D eigenvalue weighted by Crippen LogP contribution is -2.01. The Kier molecular flexibility index (Phi) is 6.40. The molecular weight excluding hydrogens is 324 g/mol. The van der Waals surface area contributed by atoms with E-state index in [0.717, 1.165) is 0 Å². The van der Waals surface area contributed by atoms with E-state index >= 15 is 0 Å². The third-order valence-corrected chi connectivity index (χ3v) is 4.41. The van der Waals surface area contributed by atoms with Crippen molar-refractivity contribution >= 4 is 16.0 Å². The van der Waals surface area contributed by atoms with Gasteiger partial charge in [0.15, 0.2) is 0 Å². The zero-order valence-corrected chi connectivity index (χ0v) is 13.3. The molecule has 124 valence electrons. The number of carbonyl (C=O) groups excluding carboxylic acids is 1. The number of phenolic OH excluding ortho intramolecular Hbond substituents is 2. The zero-order valence-electron chi connectivity index (χ0n) is 12.5. The predicted molar refractivity (Wildman–Crippen MR) is 81.1 cm³/mol. The van der Waals surface area contributed by atoms with Crippen LogP contribution in [0.1, 0.15) is 0 Å². The zero-order chi connectivity index (χ0) is 17.5. The number of rotatable bonds is 2. The molecule has 0 aliphatic carbocycles. The van der Waals surface area contributed by atoms with Crippen LogP contribution in [0.5, 0.6) is 11.5 Å². The molecule has 23 heavy (non-hydrogen) atoms. The Morgan fingerprint density at radius 3 is 1.30 bits per heavy atom. The first-order chi connectivity index (χ1) is 10.8. The molecule has 0 spiro atoms.